The molecule has 1 rings (SSSR count). The predicted octanol–water partition coefficient (Wildman–Crippen LogP) is 4.67. The van der Waals surface area contributed by atoms with E-state index in [2.05, 4.69) is 53.1 Å². The zero-order valence-corrected chi connectivity index (χ0v) is 15.6. The van der Waals surface area contributed by atoms with Crippen LogP contribution in [0.1, 0.15) is 13.3 Å². The molecule has 0 saturated heterocycles. The lowest BCUT2D eigenvalue weighted by atomic mass is 10.1. The third-order valence-electron chi connectivity index (χ3n) is 2.46. The molecule has 8 heteroatoms. The predicted molar refractivity (Wildman–Crippen MR) is 86.6 cm³/mol. The standard InChI is InChI=1S/C11H11Br3NO3P/c1-6(2-3-19(17)18)11(16)15-10-8(13)4-7(12)5-9(10)14/h4-6H,2-3H2,1H3,(H-,15,16,17,18)/p+1. The van der Waals surface area contributed by atoms with Gasteiger partial charge in [-0.25, -0.2) is 0 Å². The molecule has 0 radical (unpaired) electrons. The van der Waals surface area contributed by atoms with Crippen LogP contribution in [0.15, 0.2) is 25.6 Å². The van der Waals surface area contributed by atoms with E-state index in [-0.39, 0.29) is 18.0 Å². The number of hydrogen-bond acceptors (Lipinski definition) is 2. The highest BCUT2D eigenvalue weighted by Gasteiger charge is 2.20. The second-order valence-corrected chi connectivity index (χ2v) is 7.78. The van der Waals surface area contributed by atoms with Crippen LogP contribution in [0.4, 0.5) is 5.69 Å². The SMILES string of the molecule is CC(CC[P+](=O)O)C(=O)Nc1c(Br)cc(Br)cc1Br. The smallest absolute Gasteiger partial charge is 0.324 e. The Bertz CT molecular complexity index is 487. The molecule has 1 amide bonds. The zero-order valence-electron chi connectivity index (χ0n) is 9.99. The highest BCUT2D eigenvalue weighted by Crippen LogP contribution is 2.34. The third kappa shape index (κ3) is 5.60. The fraction of sp³-hybridized carbons (Fsp3) is 0.364. The van der Waals surface area contributed by atoms with Gasteiger partial charge in [0.05, 0.1) is 5.69 Å². The van der Waals surface area contributed by atoms with E-state index in [4.69, 9.17) is 4.89 Å². The van der Waals surface area contributed by atoms with E-state index in [1.165, 1.54) is 0 Å². The van der Waals surface area contributed by atoms with Gasteiger partial charge in [-0.1, -0.05) is 22.9 Å². The van der Waals surface area contributed by atoms with Crippen molar-refractivity contribution >= 4 is 67.4 Å². The minimum Gasteiger partial charge on any atom is -0.324 e. The molecule has 2 unspecified atom stereocenters. The van der Waals surface area contributed by atoms with Crippen LogP contribution in [0.3, 0.4) is 0 Å². The summed E-state index contributed by atoms with van der Waals surface area (Å²) in [6.45, 7) is 1.73. The number of anilines is 1. The fourth-order valence-corrected chi connectivity index (χ4v) is 4.41. The number of carbonyl (C=O) groups is 1. The number of carbonyl (C=O) groups excluding carboxylic acids is 1. The van der Waals surface area contributed by atoms with Crippen LogP contribution in [-0.2, 0) is 9.36 Å². The van der Waals surface area contributed by atoms with Crippen molar-refractivity contribution in [2.45, 2.75) is 13.3 Å². The molecule has 1 aromatic rings. The molecule has 0 aromatic heterocycles. The van der Waals surface area contributed by atoms with Gasteiger partial charge >= 0.3 is 8.03 Å². The summed E-state index contributed by atoms with van der Waals surface area (Å²) in [5, 5.41) is 2.80. The zero-order chi connectivity index (χ0) is 14.6. The summed E-state index contributed by atoms with van der Waals surface area (Å²) in [5.74, 6) is -0.505. The molecule has 1 aromatic carbocycles. The van der Waals surface area contributed by atoms with Crippen molar-refractivity contribution < 1.29 is 14.3 Å². The quantitative estimate of drug-likeness (QED) is 0.607. The Kier molecular flexibility index (Phi) is 7.11. The lowest BCUT2D eigenvalue weighted by molar-refractivity contribution is -0.119. The van der Waals surface area contributed by atoms with Gasteiger partial charge in [-0.05, 0) is 48.6 Å². The topological polar surface area (TPSA) is 66.4 Å². The average Bonchev–Trinajstić information content (AvgIpc) is 2.30. The number of benzene rings is 1. The van der Waals surface area contributed by atoms with Crippen LogP contribution in [0.5, 0.6) is 0 Å². The summed E-state index contributed by atoms with van der Waals surface area (Å²) in [6, 6.07) is 3.66. The lowest BCUT2D eigenvalue weighted by Crippen LogP contribution is -2.21. The Morgan fingerprint density at radius 1 is 1.37 bits per heavy atom. The minimum atomic E-state index is -2.19. The highest BCUT2D eigenvalue weighted by atomic mass is 79.9. The van der Waals surface area contributed by atoms with E-state index < -0.39 is 8.03 Å². The van der Waals surface area contributed by atoms with Crippen molar-refractivity contribution in [3.63, 3.8) is 0 Å². The van der Waals surface area contributed by atoms with Gasteiger partial charge in [0.15, 0.2) is 6.16 Å². The van der Waals surface area contributed by atoms with Crippen molar-refractivity contribution in [2.24, 2.45) is 5.92 Å². The van der Waals surface area contributed by atoms with Gasteiger partial charge in [0.1, 0.15) is 0 Å². The van der Waals surface area contributed by atoms with Gasteiger partial charge in [0.25, 0.3) is 0 Å². The van der Waals surface area contributed by atoms with Gasteiger partial charge in [-0.2, -0.15) is 4.89 Å². The Morgan fingerprint density at radius 2 is 1.89 bits per heavy atom. The van der Waals surface area contributed by atoms with E-state index in [0.29, 0.717) is 12.1 Å². The van der Waals surface area contributed by atoms with Gasteiger partial charge in [-0.3, -0.25) is 4.79 Å². The molecule has 0 spiro atoms. The van der Waals surface area contributed by atoms with Crippen molar-refractivity contribution in [3.8, 4) is 0 Å². The Balaban J connectivity index is 2.74. The van der Waals surface area contributed by atoms with Gasteiger partial charge < -0.3 is 5.32 Å². The third-order valence-corrected chi connectivity index (χ3v) is 4.81. The molecular weight excluding hydrogens is 465 g/mol. The second kappa shape index (κ2) is 7.84. The highest BCUT2D eigenvalue weighted by molar-refractivity contribution is 9.11. The first-order chi connectivity index (χ1) is 8.81. The number of amides is 1. The van der Waals surface area contributed by atoms with E-state index in [9.17, 15) is 9.36 Å². The molecule has 104 valence electrons. The Labute approximate surface area is 137 Å². The molecule has 2 N–H and O–H groups in total. The molecule has 0 saturated carbocycles. The molecule has 0 bridgehead atoms. The van der Waals surface area contributed by atoms with Gasteiger partial charge in [-0.15, -0.1) is 0 Å². The molecule has 19 heavy (non-hydrogen) atoms. The second-order valence-electron chi connectivity index (χ2n) is 4.00. The van der Waals surface area contributed by atoms with Crippen molar-refractivity contribution in [1.29, 1.82) is 0 Å². The van der Waals surface area contributed by atoms with Crippen molar-refractivity contribution in [1.82, 2.24) is 0 Å². The van der Waals surface area contributed by atoms with Crippen LogP contribution in [-0.4, -0.2) is 17.0 Å². The normalized spacial score (nSPS) is 13.0. The van der Waals surface area contributed by atoms with Crippen LogP contribution in [0, 0.1) is 5.92 Å². The summed E-state index contributed by atoms with van der Waals surface area (Å²) in [7, 11) is -2.19. The first kappa shape index (κ1) is 17.2. The fourth-order valence-electron chi connectivity index (χ4n) is 1.34. The molecule has 0 heterocycles. The Hall–Kier alpha value is 0.190. The maximum atomic E-state index is 12.0. The van der Waals surface area contributed by atoms with Crippen LogP contribution < -0.4 is 5.32 Å². The molecule has 0 aliphatic rings. The molecule has 0 fully saturated rings. The molecule has 0 aliphatic heterocycles. The summed E-state index contributed by atoms with van der Waals surface area (Å²) < 4.78 is 13.0. The number of hydrogen-bond donors (Lipinski definition) is 2. The van der Waals surface area contributed by atoms with Crippen molar-refractivity contribution in [3.05, 3.63) is 25.6 Å². The van der Waals surface area contributed by atoms with Crippen LogP contribution >= 0.6 is 55.8 Å². The first-order valence-electron chi connectivity index (χ1n) is 5.40. The number of rotatable bonds is 5. The average molecular weight is 477 g/mol. The van der Waals surface area contributed by atoms with E-state index in [1.807, 2.05) is 12.1 Å². The minimum absolute atomic E-state index is 0.132. The summed E-state index contributed by atoms with van der Waals surface area (Å²) >= 11 is 10.1. The van der Waals surface area contributed by atoms with Crippen LogP contribution in [0.2, 0.25) is 0 Å². The Morgan fingerprint density at radius 3 is 2.37 bits per heavy atom. The van der Waals surface area contributed by atoms with Crippen LogP contribution in [0.25, 0.3) is 0 Å². The summed E-state index contributed by atoms with van der Waals surface area (Å²) in [4.78, 5) is 20.7. The molecular formula is C11H12Br3NO3P+. The first-order valence-corrected chi connectivity index (χ1v) is 9.18. The summed E-state index contributed by atoms with van der Waals surface area (Å²) in [6.07, 6.45) is 0.510. The monoisotopic (exact) mass is 474 g/mol. The van der Waals surface area contributed by atoms with E-state index >= 15 is 0 Å². The molecule has 0 aliphatic carbocycles. The molecule has 2 atom stereocenters. The lowest BCUT2D eigenvalue weighted by Gasteiger charge is -2.13. The number of halogens is 3. The maximum absolute atomic E-state index is 12.0. The van der Waals surface area contributed by atoms with Gasteiger partial charge in [0.2, 0.25) is 5.91 Å². The van der Waals surface area contributed by atoms with Gasteiger partial charge in [0, 0.05) is 25.8 Å². The van der Waals surface area contributed by atoms with E-state index in [0.717, 1.165) is 13.4 Å². The largest absolute Gasteiger partial charge is 0.505 e. The van der Waals surface area contributed by atoms with E-state index in [1.54, 1.807) is 6.92 Å². The summed E-state index contributed by atoms with van der Waals surface area (Å²) in [5.41, 5.74) is 0.647. The van der Waals surface area contributed by atoms with Crippen molar-refractivity contribution in [2.75, 3.05) is 11.5 Å². The number of nitrogens with one attached hydrogen (secondary N) is 1. The maximum Gasteiger partial charge on any atom is 0.505 e. The molecule has 4 nitrogen and oxygen atoms in total.